The maximum Gasteiger partial charge on any atom is 0.336 e. The third kappa shape index (κ3) is 3.16. The topological polar surface area (TPSA) is 79.6 Å². The average molecular weight is 370 g/mol. The van der Waals surface area contributed by atoms with Crippen LogP contribution in [0.2, 0.25) is 0 Å². The molecule has 1 fully saturated rings. The number of piperazine rings is 1. The number of nitrogens with one attached hydrogen (secondary N) is 1. The lowest BCUT2D eigenvalue weighted by Crippen LogP contribution is -2.48. The maximum atomic E-state index is 13.1. The molecule has 1 N–H and O–H groups in total. The van der Waals surface area contributed by atoms with Gasteiger partial charge in [0.05, 0.1) is 4.90 Å². The standard InChI is InChI=1S/C19H18N2O4S/c22-19-9-6-15-12-16(7-8-18(15)25-19)26(23,24)21-11-10-20-17(13-21)14-4-2-1-3-5-14/h1-9,12,17,20H,10-11,13H2. The van der Waals surface area contributed by atoms with E-state index in [2.05, 4.69) is 5.32 Å². The Kier molecular flexibility index (Phi) is 4.36. The van der Waals surface area contributed by atoms with Crippen molar-refractivity contribution in [2.75, 3.05) is 19.6 Å². The molecule has 1 saturated heterocycles. The van der Waals surface area contributed by atoms with Crippen LogP contribution < -0.4 is 10.9 Å². The number of hydrogen-bond acceptors (Lipinski definition) is 5. The van der Waals surface area contributed by atoms with Crippen LogP contribution in [0.1, 0.15) is 11.6 Å². The average Bonchev–Trinajstić information content (AvgIpc) is 2.68. The monoisotopic (exact) mass is 370 g/mol. The van der Waals surface area contributed by atoms with Gasteiger partial charge in [0.15, 0.2) is 0 Å². The number of fused-ring (bicyclic) bond motifs is 1. The Morgan fingerprint density at radius 1 is 1.04 bits per heavy atom. The molecule has 0 amide bonds. The number of benzene rings is 2. The van der Waals surface area contributed by atoms with Gasteiger partial charge in [0, 0.05) is 37.1 Å². The van der Waals surface area contributed by atoms with E-state index in [0.29, 0.717) is 30.6 Å². The third-order valence-corrected chi connectivity index (χ3v) is 6.43. The zero-order valence-electron chi connectivity index (χ0n) is 14.0. The minimum Gasteiger partial charge on any atom is -0.423 e. The van der Waals surface area contributed by atoms with Gasteiger partial charge in [-0.3, -0.25) is 0 Å². The highest BCUT2D eigenvalue weighted by atomic mass is 32.2. The van der Waals surface area contributed by atoms with Crippen molar-refractivity contribution < 1.29 is 12.8 Å². The van der Waals surface area contributed by atoms with Crippen molar-refractivity contribution >= 4 is 21.0 Å². The predicted octanol–water partition coefficient (Wildman–Crippen LogP) is 2.13. The quantitative estimate of drug-likeness (QED) is 0.715. The Balaban J connectivity index is 1.65. The van der Waals surface area contributed by atoms with Crippen LogP contribution in [-0.4, -0.2) is 32.4 Å². The summed E-state index contributed by atoms with van der Waals surface area (Å²) in [6, 6.07) is 17.2. The molecule has 134 valence electrons. The molecular weight excluding hydrogens is 352 g/mol. The summed E-state index contributed by atoms with van der Waals surface area (Å²) in [4.78, 5) is 11.5. The lowest BCUT2D eigenvalue weighted by atomic mass is 10.1. The second-order valence-electron chi connectivity index (χ2n) is 6.23. The second-order valence-corrected chi connectivity index (χ2v) is 8.17. The summed E-state index contributed by atoms with van der Waals surface area (Å²) in [5.41, 5.74) is 0.979. The first-order valence-electron chi connectivity index (χ1n) is 8.36. The van der Waals surface area contributed by atoms with E-state index in [9.17, 15) is 13.2 Å². The summed E-state index contributed by atoms with van der Waals surface area (Å²) >= 11 is 0. The third-order valence-electron chi connectivity index (χ3n) is 4.57. The van der Waals surface area contributed by atoms with Crippen molar-refractivity contribution in [3.8, 4) is 0 Å². The molecule has 1 atom stereocenters. The summed E-state index contributed by atoms with van der Waals surface area (Å²) in [5.74, 6) is 0. The maximum absolute atomic E-state index is 13.1. The van der Waals surface area contributed by atoms with Gasteiger partial charge in [0.25, 0.3) is 0 Å². The number of hydrogen-bond donors (Lipinski definition) is 1. The highest BCUT2D eigenvalue weighted by Gasteiger charge is 2.30. The van der Waals surface area contributed by atoms with Gasteiger partial charge in [0.2, 0.25) is 10.0 Å². The molecular formula is C19H18N2O4S. The molecule has 3 aromatic rings. The van der Waals surface area contributed by atoms with Crippen LogP contribution >= 0.6 is 0 Å². The first kappa shape index (κ1) is 17.0. The van der Waals surface area contributed by atoms with Gasteiger partial charge in [0.1, 0.15) is 5.58 Å². The summed E-state index contributed by atoms with van der Waals surface area (Å²) in [6.45, 7) is 1.36. The van der Waals surface area contributed by atoms with Gasteiger partial charge in [-0.15, -0.1) is 0 Å². The smallest absolute Gasteiger partial charge is 0.336 e. The first-order chi connectivity index (χ1) is 12.5. The van der Waals surface area contributed by atoms with Crippen LogP contribution in [0.15, 0.2) is 74.8 Å². The molecule has 0 saturated carbocycles. The van der Waals surface area contributed by atoms with E-state index in [4.69, 9.17) is 4.42 Å². The van der Waals surface area contributed by atoms with Crippen LogP contribution in [0.3, 0.4) is 0 Å². The minimum atomic E-state index is -3.63. The number of sulfonamides is 1. The largest absolute Gasteiger partial charge is 0.423 e. The van der Waals surface area contributed by atoms with Gasteiger partial charge in [-0.1, -0.05) is 30.3 Å². The van der Waals surface area contributed by atoms with Gasteiger partial charge < -0.3 is 9.73 Å². The summed E-state index contributed by atoms with van der Waals surface area (Å²) in [7, 11) is -3.63. The lowest BCUT2D eigenvalue weighted by molar-refractivity contribution is 0.302. The van der Waals surface area contributed by atoms with Crippen LogP contribution in [0.25, 0.3) is 11.0 Å². The van der Waals surface area contributed by atoms with Gasteiger partial charge in [-0.25, -0.2) is 13.2 Å². The van der Waals surface area contributed by atoms with Crippen molar-refractivity contribution in [3.05, 3.63) is 76.6 Å². The lowest BCUT2D eigenvalue weighted by Gasteiger charge is -2.33. The Hall–Kier alpha value is -2.48. The molecule has 26 heavy (non-hydrogen) atoms. The molecule has 4 rings (SSSR count). The fraction of sp³-hybridized carbons (Fsp3) is 0.211. The Morgan fingerprint density at radius 3 is 2.65 bits per heavy atom. The Bertz CT molecular complexity index is 1090. The molecule has 2 heterocycles. The summed E-state index contributed by atoms with van der Waals surface area (Å²) in [5, 5.41) is 3.95. The molecule has 1 aromatic heterocycles. The van der Waals surface area contributed by atoms with Crippen molar-refractivity contribution in [1.82, 2.24) is 9.62 Å². The van der Waals surface area contributed by atoms with E-state index in [1.807, 2.05) is 30.3 Å². The zero-order chi connectivity index (χ0) is 18.1. The fourth-order valence-corrected chi connectivity index (χ4v) is 4.70. The van der Waals surface area contributed by atoms with Crippen molar-refractivity contribution in [1.29, 1.82) is 0 Å². The molecule has 0 aliphatic carbocycles. The van der Waals surface area contributed by atoms with E-state index in [1.54, 1.807) is 12.1 Å². The highest BCUT2D eigenvalue weighted by molar-refractivity contribution is 7.89. The second kappa shape index (κ2) is 6.68. The zero-order valence-corrected chi connectivity index (χ0v) is 14.8. The molecule has 0 spiro atoms. The predicted molar refractivity (Wildman–Crippen MR) is 98.4 cm³/mol. The van der Waals surface area contributed by atoms with Gasteiger partial charge in [-0.2, -0.15) is 4.31 Å². The van der Waals surface area contributed by atoms with Gasteiger partial charge in [-0.05, 0) is 29.8 Å². The van der Waals surface area contributed by atoms with Crippen LogP contribution in [0.4, 0.5) is 0 Å². The van der Waals surface area contributed by atoms with E-state index in [0.717, 1.165) is 5.56 Å². The van der Waals surface area contributed by atoms with E-state index in [1.165, 1.54) is 22.5 Å². The fourth-order valence-electron chi connectivity index (χ4n) is 3.21. The summed E-state index contributed by atoms with van der Waals surface area (Å²) in [6.07, 6.45) is 0. The molecule has 1 aliphatic heterocycles. The molecule has 1 aliphatic rings. The Morgan fingerprint density at radius 2 is 1.85 bits per heavy atom. The van der Waals surface area contributed by atoms with Crippen molar-refractivity contribution in [3.63, 3.8) is 0 Å². The number of nitrogens with zero attached hydrogens (tertiary/aromatic N) is 1. The Labute approximate surface area is 151 Å². The first-order valence-corrected chi connectivity index (χ1v) is 9.80. The van der Waals surface area contributed by atoms with Gasteiger partial charge >= 0.3 is 5.63 Å². The molecule has 0 bridgehead atoms. The highest BCUT2D eigenvalue weighted by Crippen LogP contribution is 2.25. The molecule has 7 heteroatoms. The van der Waals surface area contributed by atoms with Crippen LogP contribution in [-0.2, 0) is 10.0 Å². The van der Waals surface area contributed by atoms with Crippen LogP contribution in [0.5, 0.6) is 0 Å². The summed E-state index contributed by atoms with van der Waals surface area (Å²) < 4.78 is 32.7. The SMILES string of the molecule is O=c1ccc2cc(S(=O)(=O)N3CCNC(c4ccccc4)C3)ccc2o1. The molecule has 2 aromatic carbocycles. The molecule has 1 unspecified atom stereocenters. The minimum absolute atomic E-state index is 0.0433. The van der Waals surface area contributed by atoms with E-state index < -0.39 is 15.6 Å². The van der Waals surface area contributed by atoms with Crippen LogP contribution in [0, 0.1) is 0 Å². The van der Waals surface area contributed by atoms with E-state index >= 15 is 0 Å². The molecule has 0 radical (unpaired) electrons. The van der Waals surface area contributed by atoms with Crippen molar-refractivity contribution in [2.24, 2.45) is 0 Å². The van der Waals surface area contributed by atoms with E-state index in [-0.39, 0.29) is 10.9 Å². The number of rotatable bonds is 3. The van der Waals surface area contributed by atoms with Crippen molar-refractivity contribution in [2.45, 2.75) is 10.9 Å². The normalized spacial score (nSPS) is 18.8. The molecule has 6 nitrogen and oxygen atoms in total.